The summed E-state index contributed by atoms with van der Waals surface area (Å²) in [6.07, 6.45) is 2.60. The highest BCUT2D eigenvalue weighted by Crippen LogP contribution is 2.38. The molecule has 0 amide bonds. The van der Waals surface area contributed by atoms with Crippen molar-refractivity contribution in [3.63, 3.8) is 0 Å². The number of nitrogens with zero attached hydrogens (tertiary/aromatic N) is 1. The number of carboxylic acids is 1. The molecule has 0 aliphatic rings. The van der Waals surface area contributed by atoms with E-state index in [0.717, 1.165) is 22.8 Å². The Hall–Kier alpha value is -3.23. The van der Waals surface area contributed by atoms with Gasteiger partial charge in [-0.15, -0.1) is 0 Å². The Labute approximate surface area is 217 Å². The van der Waals surface area contributed by atoms with Crippen LogP contribution in [-0.2, 0) is 21.4 Å². The Morgan fingerprint density at radius 1 is 1.11 bits per heavy atom. The van der Waals surface area contributed by atoms with E-state index in [1.54, 1.807) is 38.1 Å². The maximum absolute atomic E-state index is 13.6. The van der Waals surface area contributed by atoms with Gasteiger partial charge in [0.1, 0.15) is 18.1 Å². The summed E-state index contributed by atoms with van der Waals surface area (Å²) in [4.78, 5) is 10.8. The molecule has 1 aromatic heterocycles. The molecule has 0 saturated carbocycles. The first kappa shape index (κ1) is 27.4. The minimum atomic E-state index is -4.00. The van der Waals surface area contributed by atoms with E-state index in [4.69, 9.17) is 25.9 Å². The van der Waals surface area contributed by atoms with Gasteiger partial charge in [0.25, 0.3) is 10.0 Å². The highest BCUT2D eigenvalue weighted by atomic mass is 35.5. The topological polar surface area (TPSA) is 97.0 Å². The van der Waals surface area contributed by atoms with Crippen LogP contribution in [0.4, 0.5) is 5.69 Å². The fourth-order valence-electron chi connectivity index (χ4n) is 3.58. The van der Waals surface area contributed by atoms with Crippen LogP contribution in [-0.4, -0.2) is 26.0 Å². The Morgan fingerprint density at radius 2 is 1.83 bits per heavy atom. The van der Waals surface area contributed by atoms with Crippen LogP contribution in [0.2, 0.25) is 5.02 Å². The zero-order valence-electron chi connectivity index (χ0n) is 20.9. The number of aliphatic carboxylic acids is 1. The van der Waals surface area contributed by atoms with Crippen molar-refractivity contribution < 1.29 is 27.5 Å². The molecule has 0 fully saturated rings. The van der Waals surface area contributed by atoms with Gasteiger partial charge in [-0.05, 0) is 73.2 Å². The lowest BCUT2D eigenvalue weighted by Gasteiger charge is -2.27. The van der Waals surface area contributed by atoms with Crippen LogP contribution >= 0.6 is 11.6 Å². The molecular weight excluding hydrogens is 502 g/mol. The second kappa shape index (κ2) is 11.2. The number of anilines is 1. The molecule has 0 spiro atoms. The second-order valence-electron chi connectivity index (χ2n) is 9.01. The zero-order valence-corrected chi connectivity index (χ0v) is 22.5. The molecule has 1 heterocycles. The van der Waals surface area contributed by atoms with Crippen LogP contribution in [0.1, 0.15) is 41.9 Å². The lowest BCUT2D eigenvalue weighted by molar-refractivity contribution is -0.131. The highest BCUT2D eigenvalue weighted by Gasteiger charge is 2.31. The average molecular weight is 532 g/mol. The molecule has 1 N–H and O–H groups in total. The molecule has 3 aromatic rings. The summed E-state index contributed by atoms with van der Waals surface area (Å²) in [5.41, 5.74) is 3.60. The first-order valence-corrected chi connectivity index (χ1v) is 13.2. The highest BCUT2D eigenvalue weighted by molar-refractivity contribution is 7.92. The second-order valence-corrected chi connectivity index (χ2v) is 11.2. The number of ether oxygens (including phenoxy) is 1. The van der Waals surface area contributed by atoms with Crippen molar-refractivity contribution in [1.29, 1.82) is 0 Å². The van der Waals surface area contributed by atoms with Crippen molar-refractivity contribution in [3.05, 3.63) is 81.6 Å². The summed E-state index contributed by atoms with van der Waals surface area (Å²) in [5.74, 6) is -0.172. The number of rotatable bonds is 10. The summed E-state index contributed by atoms with van der Waals surface area (Å²) in [6.45, 7) is 9.64. The average Bonchev–Trinajstić information content (AvgIpc) is 3.24. The molecule has 7 nitrogen and oxygen atoms in total. The fraction of sp³-hybridized carbons (Fsp3) is 0.296. The fourth-order valence-corrected chi connectivity index (χ4v) is 5.33. The third-order valence-corrected chi connectivity index (χ3v) is 7.53. The van der Waals surface area contributed by atoms with Gasteiger partial charge < -0.3 is 14.3 Å². The van der Waals surface area contributed by atoms with Gasteiger partial charge in [-0.3, -0.25) is 4.31 Å². The van der Waals surface area contributed by atoms with Gasteiger partial charge in [0.05, 0.1) is 5.69 Å². The number of carboxylic acid groups (broad SMARTS) is 1. The molecule has 3 rings (SSSR count). The molecule has 36 heavy (non-hydrogen) atoms. The van der Waals surface area contributed by atoms with Gasteiger partial charge in [0.2, 0.25) is 5.09 Å². The van der Waals surface area contributed by atoms with Gasteiger partial charge in [0, 0.05) is 23.7 Å². The van der Waals surface area contributed by atoms with E-state index < -0.39 is 16.0 Å². The number of hydrogen-bond acceptors (Lipinski definition) is 5. The van der Waals surface area contributed by atoms with E-state index in [-0.39, 0.29) is 24.2 Å². The number of sulfonamides is 1. The number of furan rings is 1. The normalized spacial score (nSPS) is 11.9. The first-order chi connectivity index (χ1) is 16.9. The Balaban J connectivity index is 1.99. The molecule has 0 aliphatic carbocycles. The van der Waals surface area contributed by atoms with E-state index >= 15 is 0 Å². The molecule has 9 heteroatoms. The van der Waals surface area contributed by atoms with Crippen molar-refractivity contribution in [2.75, 3.05) is 10.8 Å². The minimum absolute atomic E-state index is 0.0216. The van der Waals surface area contributed by atoms with E-state index in [9.17, 15) is 13.2 Å². The molecular formula is C27H30ClNO6S. The Kier molecular flexibility index (Phi) is 8.53. The molecule has 0 atom stereocenters. The maximum atomic E-state index is 13.6. The van der Waals surface area contributed by atoms with E-state index in [1.165, 1.54) is 16.4 Å². The first-order valence-electron chi connectivity index (χ1n) is 11.4. The van der Waals surface area contributed by atoms with Crippen LogP contribution in [0.25, 0.3) is 6.08 Å². The number of benzene rings is 2. The third-order valence-electron chi connectivity index (χ3n) is 5.47. The lowest BCUT2D eigenvalue weighted by atomic mass is 10.1. The molecule has 0 saturated heterocycles. The van der Waals surface area contributed by atoms with Crippen LogP contribution < -0.4 is 9.04 Å². The summed E-state index contributed by atoms with van der Waals surface area (Å²) < 4.78 is 40.1. The van der Waals surface area contributed by atoms with Crippen molar-refractivity contribution in [2.24, 2.45) is 5.92 Å². The monoisotopic (exact) mass is 531 g/mol. The Bertz CT molecular complexity index is 1390. The SMILES string of the molecule is Cc1ccc(S(=O)(=O)N(CC(C)C)c2cc(C)c(Cl)cc2OCc2ccc(/C=C/C(=O)O)cc2C)o1. The predicted octanol–water partition coefficient (Wildman–Crippen LogP) is 6.39. The van der Waals surface area contributed by atoms with Gasteiger partial charge in [-0.25, -0.2) is 4.79 Å². The van der Waals surface area contributed by atoms with Crippen LogP contribution in [0, 0.1) is 26.7 Å². The van der Waals surface area contributed by atoms with Gasteiger partial charge in [-0.2, -0.15) is 8.42 Å². The van der Waals surface area contributed by atoms with Gasteiger partial charge in [0.15, 0.2) is 0 Å². The summed E-state index contributed by atoms with van der Waals surface area (Å²) in [7, 11) is -4.00. The van der Waals surface area contributed by atoms with Crippen LogP contribution in [0.15, 0.2) is 58.1 Å². The van der Waals surface area contributed by atoms with E-state index in [1.807, 2.05) is 32.9 Å². The number of hydrogen-bond donors (Lipinski definition) is 1. The zero-order chi connectivity index (χ0) is 26.6. The summed E-state index contributed by atoms with van der Waals surface area (Å²) in [6, 6.07) is 11.9. The molecule has 0 radical (unpaired) electrons. The van der Waals surface area contributed by atoms with Crippen molar-refractivity contribution in [1.82, 2.24) is 0 Å². The van der Waals surface area contributed by atoms with Crippen LogP contribution in [0.5, 0.6) is 5.75 Å². The molecule has 192 valence electrons. The van der Waals surface area contributed by atoms with Crippen molar-refractivity contribution in [2.45, 2.75) is 46.3 Å². The van der Waals surface area contributed by atoms with Crippen molar-refractivity contribution >= 4 is 39.4 Å². The molecule has 0 aliphatic heterocycles. The molecule has 0 bridgehead atoms. The third kappa shape index (κ3) is 6.50. The standard InChI is InChI=1S/C27H30ClNO6S/c1-17(2)15-29(36(32,33)27-11-6-20(5)35-27)24-13-19(4)23(28)14-25(24)34-16-22-9-7-21(12-18(22)3)8-10-26(30)31/h6-14,17H,15-16H2,1-5H3,(H,30,31)/b10-8+. The molecule has 2 aromatic carbocycles. The smallest absolute Gasteiger partial charge is 0.328 e. The summed E-state index contributed by atoms with van der Waals surface area (Å²) >= 11 is 6.40. The van der Waals surface area contributed by atoms with Gasteiger partial charge >= 0.3 is 5.97 Å². The largest absolute Gasteiger partial charge is 0.487 e. The lowest BCUT2D eigenvalue weighted by Crippen LogP contribution is -2.34. The maximum Gasteiger partial charge on any atom is 0.328 e. The number of carbonyl (C=O) groups is 1. The Morgan fingerprint density at radius 3 is 2.42 bits per heavy atom. The number of halogens is 1. The van der Waals surface area contributed by atoms with Crippen LogP contribution in [0.3, 0.4) is 0 Å². The molecule has 0 unspecified atom stereocenters. The quantitative estimate of drug-likeness (QED) is 0.304. The van der Waals surface area contributed by atoms with E-state index in [0.29, 0.717) is 27.8 Å². The minimum Gasteiger partial charge on any atom is -0.487 e. The predicted molar refractivity (Wildman–Crippen MR) is 141 cm³/mol. The van der Waals surface area contributed by atoms with Crippen molar-refractivity contribution in [3.8, 4) is 5.75 Å². The van der Waals surface area contributed by atoms with Gasteiger partial charge in [-0.1, -0.05) is 43.6 Å². The van der Waals surface area contributed by atoms with E-state index in [2.05, 4.69) is 0 Å². The number of aryl methyl sites for hydroxylation is 3. The summed E-state index contributed by atoms with van der Waals surface area (Å²) in [5, 5.41) is 9.15.